The first-order chi connectivity index (χ1) is 10.1. The first-order valence-corrected chi connectivity index (χ1v) is 8.09. The van der Waals surface area contributed by atoms with Crippen LogP contribution in [0.15, 0.2) is 10.5 Å². The maximum atomic E-state index is 10.7. The molecule has 0 bridgehead atoms. The third-order valence-electron chi connectivity index (χ3n) is 3.72. The minimum absolute atomic E-state index is 0.00709. The molecule has 21 heavy (non-hydrogen) atoms. The SMILES string of the molecule is CC(CC(=O)O)Cc1nnc(-c2cc3c(s2)CCCC3)o1. The van der Waals surface area contributed by atoms with Gasteiger partial charge in [0.1, 0.15) is 0 Å². The third-order valence-corrected chi connectivity index (χ3v) is 4.95. The fraction of sp³-hybridized carbons (Fsp3) is 0.533. The zero-order valence-corrected chi connectivity index (χ0v) is 12.8. The van der Waals surface area contributed by atoms with Crippen molar-refractivity contribution in [2.75, 3.05) is 0 Å². The van der Waals surface area contributed by atoms with Gasteiger partial charge in [0.05, 0.1) is 4.88 Å². The van der Waals surface area contributed by atoms with Crippen LogP contribution in [0.25, 0.3) is 10.8 Å². The number of nitrogens with zero attached hydrogens (tertiary/aromatic N) is 2. The molecule has 0 saturated carbocycles. The molecule has 0 radical (unpaired) electrons. The van der Waals surface area contributed by atoms with Gasteiger partial charge < -0.3 is 9.52 Å². The summed E-state index contributed by atoms with van der Waals surface area (Å²) in [4.78, 5) is 13.1. The highest BCUT2D eigenvalue weighted by atomic mass is 32.1. The van der Waals surface area contributed by atoms with E-state index in [9.17, 15) is 4.79 Å². The Morgan fingerprint density at radius 3 is 3.00 bits per heavy atom. The van der Waals surface area contributed by atoms with E-state index in [0.29, 0.717) is 18.2 Å². The molecule has 2 heterocycles. The molecule has 2 aromatic heterocycles. The van der Waals surface area contributed by atoms with E-state index in [1.807, 2.05) is 6.92 Å². The van der Waals surface area contributed by atoms with Crippen LogP contribution >= 0.6 is 11.3 Å². The fourth-order valence-corrected chi connectivity index (χ4v) is 3.88. The second kappa shape index (κ2) is 5.97. The molecule has 0 aromatic carbocycles. The Kier molecular flexibility index (Phi) is 4.05. The molecule has 2 aromatic rings. The van der Waals surface area contributed by atoms with Crippen LogP contribution in [0.4, 0.5) is 0 Å². The number of carboxylic acids is 1. The van der Waals surface area contributed by atoms with Gasteiger partial charge in [0.15, 0.2) is 0 Å². The molecule has 1 atom stereocenters. The first kappa shape index (κ1) is 14.3. The molecular formula is C15H18N2O3S. The van der Waals surface area contributed by atoms with Gasteiger partial charge in [-0.15, -0.1) is 21.5 Å². The zero-order valence-electron chi connectivity index (χ0n) is 12.0. The van der Waals surface area contributed by atoms with Gasteiger partial charge in [-0.25, -0.2) is 0 Å². The lowest BCUT2D eigenvalue weighted by atomic mass is 9.99. The van der Waals surface area contributed by atoms with E-state index in [-0.39, 0.29) is 12.3 Å². The fourth-order valence-electron chi connectivity index (χ4n) is 2.70. The quantitative estimate of drug-likeness (QED) is 0.917. The summed E-state index contributed by atoms with van der Waals surface area (Å²) in [5.74, 6) is 0.276. The number of aryl methyl sites for hydroxylation is 2. The van der Waals surface area contributed by atoms with Gasteiger partial charge in [-0.2, -0.15) is 0 Å². The Hall–Kier alpha value is -1.69. The Morgan fingerprint density at radius 2 is 2.24 bits per heavy atom. The largest absolute Gasteiger partial charge is 0.481 e. The van der Waals surface area contributed by atoms with E-state index in [1.165, 1.54) is 23.3 Å². The molecule has 1 aliphatic rings. The van der Waals surface area contributed by atoms with Crippen molar-refractivity contribution < 1.29 is 14.3 Å². The van der Waals surface area contributed by atoms with Gasteiger partial charge in [-0.3, -0.25) is 4.79 Å². The smallest absolute Gasteiger partial charge is 0.303 e. The summed E-state index contributed by atoms with van der Waals surface area (Å²) in [6, 6.07) is 2.16. The minimum Gasteiger partial charge on any atom is -0.481 e. The van der Waals surface area contributed by atoms with Crippen molar-refractivity contribution in [3.8, 4) is 10.8 Å². The van der Waals surface area contributed by atoms with Gasteiger partial charge in [0.2, 0.25) is 5.89 Å². The summed E-state index contributed by atoms with van der Waals surface area (Å²) < 4.78 is 5.69. The number of rotatable bonds is 5. The molecule has 6 heteroatoms. The maximum absolute atomic E-state index is 10.7. The summed E-state index contributed by atoms with van der Waals surface area (Å²) in [6.07, 6.45) is 5.42. The lowest BCUT2D eigenvalue weighted by Crippen LogP contribution is -2.07. The number of hydrogen-bond acceptors (Lipinski definition) is 5. The summed E-state index contributed by atoms with van der Waals surface area (Å²) in [6.45, 7) is 1.88. The number of carbonyl (C=O) groups is 1. The highest BCUT2D eigenvalue weighted by Gasteiger charge is 2.19. The van der Waals surface area contributed by atoms with Crippen LogP contribution < -0.4 is 0 Å². The lowest BCUT2D eigenvalue weighted by Gasteiger charge is -2.08. The number of fused-ring (bicyclic) bond motifs is 1. The first-order valence-electron chi connectivity index (χ1n) is 7.28. The van der Waals surface area contributed by atoms with Crippen LogP contribution in [0.1, 0.15) is 42.5 Å². The van der Waals surface area contributed by atoms with Crippen molar-refractivity contribution in [2.45, 2.75) is 45.4 Å². The third kappa shape index (κ3) is 3.32. The number of thiophene rings is 1. The van der Waals surface area contributed by atoms with E-state index in [4.69, 9.17) is 9.52 Å². The molecule has 0 amide bonds. The van der Waals surface area contributed by atoms with E-state index in [1.54, 1.807) is 11.3 Å². The minimum atomic E-state index is -0.798. The van der Waals surface area contributed by atoms with Gasteiger partial charge in [0.25, 0.3) is 5.89 Å². The number of aliphatic carboxylic acids is 1. The summed E-state index contributed by atoms with van der Waals surface area (Å²) >= 11 is 1.74. The van der Waals surface area contributed by atoms with Crippen molar-refractivity contribution in [3.05, 3.63) is 22.4 Å². The summed E-state index contributed by atoms with van der Waals surface area (Å²) in [5.41, 5.74) is 1.42. The van der Waals surface area contributed by atoms with Gasteiger partial charge >= 0.3 is 5.97 Å². The van der Waals surface area contributed by atoms with Crippen LogP contribution in [0.5, 0.6) is 0 Å². The molecule has 0 aliphatic heterocycles. The Balaban J connectivity index is 1.72. The summed E-state index contributed by atoms with van der Waals surface area (Å²) in [7, 11) is 0. The zero-order chi connectivity index (χ0) is 14.8. The molecule has 1 aliphatic carbocycles. The van der Waals surface area contributed by atoms with Crippen LogP contribution in [0, 0.1) is 5.92 Å². The van der Waals surface area contributed by atoms with Crippen molar-refractivity contribution in [3.63, 3.8) is 0 Å². The number of aromatic nitrogens is 2. The van der Waals surface area contributed by atoms with E-state index in [2.05, 4.69) is 16.3 Å². The van der Waals surface area contributed by atoms with Crippen LogP contribution in [0.2, 0.25) is 0 Å². The van der Waals surface area contributed by atoms with Crippen LogP contribution in [0.3, 0.4) is 0 Å². The van der Waals surface area contributed by atoms with Crippen LogP contribution in [-0.2, 0) is 24.1 Å². The lowest BCUT2D eigenvalue weighted by molar-refractivity contribution is -0.137. The molecular weight excluding hydrogens is 288 g/mol. The normalized spacial score (nSPS) is 15.7. The molecule has 3 rings (SSSR count). The molecule has 0 fully saturated rings. The number of hydrogen-bond donors (Lipinski definition) is 1. The van der Waals surface area contributed by atoms with Crippen molar-refractivity contribution in [1.82, 2.24) is 10.2 Å². The average Bonchev–Trinajstić information content (AvgIpc) is 3.03. The monoisotopic (exact) mass is 306 g/mol. The van der Waals surface area contributed by atoms with Crippen molar-refractivity contribution in [2.24, 2.45) is 5.92 Å². The second-order valence-electron chi connectivity index (χ2n) is 5.67. The molecule has 0 spiro atoms. The van der Waals surface area contributed by atoms with Crippen molar-refractivity contribution in [1.29, 1.82) is 0 Å². The second-order valence-corrected chi connectivity index (χ2v) is 6.81. The Bertz CT molecular complexity index is 624. The predicted octanol–water partition coefficient (Wildman–Crippen LogP) is 3.33. The van der Waals surface area contributed by atoms with Crippen molar-refractivity contribution >= 4 is 17.3 Å². The molecule has 1 unspecified atom stereocenters. The standard InChI is InChI=1S/C15H18N2O3S/c1-9(7-14(18)19)6-13-16-17-15(20-13)12-8-10-4-2-3-5-11(10)21-12/h8-9H,2-7H2,1H3,(H,18,19). The highest BCUT2D eigenvalue weighted by Crippen LogP contribution is 2.35. The molecule has 5 nitrogen and oxygen atoms in total. The molecule has 1 N–H and O–H groups in total. The van der Waals surface area contributed by atoms with E-state index >= 15 is 0 Å². The Morgan fingerprint density at radius 1 is 1.43 bits per heavy atom. The summed E-state index contributed by atoms with van der Waals surface area (Å²) in [5, 5.41) is 16.9. The molecule has 0 saturated heterocycles. The van der Waals surface area contributed by atoms with Crippen LogP contribution in [-0.4, -0.2) is 21.3 Å². The van der Waals surface area contributed by atoms with Gasteiger partial charge in [-0.05, 0) is 43.2 Å². The highest BCUT2D eigenvalue weighted by molar-refractivity contribution is 7.15. The van der Waals surface area contributed by atoms with E-state index in [0.717, 1.165) is 17.7 Å². The van der Waals surface area contributed by atoms with Gasteiger partial charge in [-0.1, -0.05) is 6.92 Å². The topological polar surface area (TPSA) is 76.2 Å². The average molecular weight is 306 g/mol. The van der Waals surface area contributed by atoms with Gasteiger partial charge in [0, 0.05) is 17.7 Å². The number of carboxylic acid groups (broad SMARTS) is 1. The molecule has 112 valence electrons. The Labute approximate surface area is 127 Å². The maximum Gasteiger partial charge on any atom is 0.303 e. The predicted molar refractivity (Wildman–Crippen MR) is 79.4 cm³/mol. The van der Waals surface area contributed by atoms with E-state index < -0.39 is 5.97 Å².